The maximum Gasteiger partial charge on any atom is 0.235 e. The van der Waals surface area contributed by atoms with Crippen LogP contribution in [0.5, 0.6) is 23.0 Å². The highest BCUT2D eigenvalue weighted by Gasteiger charge is 2.25. The second kappa shape index (κ2) is 10.9. The monoisotopic (exact) mass is 483 g/mol. The highest BCUT2D eigenvalue weighted by Crippen LogP contribution is 2.36. The van der Waals surface area contributed by atoms with Crippen molar-refractivity contribution in [2.45, 2.75) is 18.9 Å². The number of amides is 2. The molecule has 0 aliphatic carbocycles. The Morgan fingerprint density at radius 3 is 2.68 bits per heavy atom. The first-order valence-corrected chi connectivity index (χ1v) is 11.5. The largest absolute Gasteiger partial charge is 0.493 e. The van der Waals surface area contributed by atoms with Crippen LogP contribution in [-0.2, 0) is 16.0 Å². The van der Waals surface area contributed by atoms with Crippen LogP contribution in [0, 0.1) is 0 Å². The lowest BCUT2D eigenvalue weighted by Crippen LogP contribution is -2.29. The zero-order chi connectivity index (χ0) is 23.9. The Morgan fingerprint density at radius 2 is 1.88 bits per heavy atom. The second-order valence-corrected chi connectivity index (χ2v) is 8.31. The molecule has 4 rings (SSSR count). The second-order valence-electron chi connectivity index (χ2n) is 7.46. The van der Waals surface area contributed by atoms with Crippen LogP contribution in [0.25, 0.3) is 0 Å². The average molecular weight is 484 g/mol. The number of ether oxygens (including phenoxy) is 4. The van der Waals surface area contributed by atoms with Gasteiger partial charge in [0.05, 0.1) is 19.9 Å². The van der Waals surface area contributed by atoms with Gasteiger partial charge in [0, 0.05) is 11.9 Å². The molecule has 2 aromatic carbocycles. The molecule has 3 aromatic rings. The van der Waals surface area contributed by atoms with E-state index in [2.05, 4.69) is 15.6 Å². The van der Waals surface area contributed by atoms with Crippen LogP contribution in [0.1, 0.15) is 23.8 Å². The van der Waals surface area contributed by atoms with E-state index in [9.17, 15) is 9.59 Å². The number of hydrogen-bond acceptors (Lipinski definition) is 8. The third-order valence-electron chi connectivity index (χ3n) is 5.11. The molecule has 0 radical (unpaired) electrons. The van der Waals surface area contributed by atoms with Crippen molar-refractivity contribution in [3.63, 3.8) is 0 Å². The van der Waals surface area contributed by atoms with Gasteiger partial charge in [-0.1, -0.05) is 18.2 Å². The maximum absolute atomic E-state index is 12.3. The Bertz CT molecular complexity index is 1170. The fraction of sp³-hybridized carbons (Fsp3) is 0.292. The molecule has 10 heteroatoms. The van der Waals surface area contributed by atoms with E-state index in [1.54, 1.807) is 19.6 Å². The normalized spacial score (nSPS) is 14.2. The quantitative estimate of drug-likeness (QED) is 0.449. The number of anilines is 1. The van der Waals surface area contributed by atoms with Crippen molar-refractivity contribution in [2.75, 3.05) is 32.7 Å². The molecule has 1 atom stereocenters. The van der Waals surface area contributed by atoms with Crippen molar-refractivity contribution in [2.24, 2.45) is 0 Å². The molecule has 2 N–H and O–H groups in total. The van der Waals surface area contributed by atoms with Gasteiger partial charge < -0.3 is 29.6 Å². The van der Waals surface area contributed by atoms with Gasteiger partial charge in [0.15, 0.2) is 34.2 Å². The van der Waals surface area contributed by atoms with Crippen molar-refractivity contribution >= 4 is 28.3 Å². The summed E-state index contributed by atoms with van der Waals surface area (Å²) in [7, 11) is 3.15. The van der Waals surface area contributed by atoms with E-state index in [1.165, 1.54) is 11.3 Å². The molecule has 1 aliphatic rings. The Kier molecular flexibility index (Phi) is 7.48. The van der Waals surface area contributed by atoms with Crippen LogP contribution in [0.2, 0.25) is 0 Å². The molecule has 9 nitrogen and oxygen atoms in total. The molecular formula is C24H25N3O6S. The van der Waals surface area contributed by atoms with E-state index >= 15 is 0 Å². The van der Waals surface area contributed by atoms with Crippen LogP contribution in [0.3, 0.4) is 0 Å². The highest BCUT2D eigenvalue weighted by atomic mass is 32.1. The van der Waals surface area contributed by atoms with E-state index in [1.807, 2.05) is 42.5 Å². The van der Waals surface area contributed by atoms with Gasteiger partial charge in [-0.05, 0) is 36.2 Å². The number of carbonyl (C=O) groups is 2. The van der Waals surface area contributed by atoms with Crippen LogP contribution < -0.4 is 29.6 Å². The summed E-state index contributed by atoms with van der Waals surface area (Å²) in [6, 6.07) is 13.0. The predicted molar refractivity (Wildman–Crippen MR) is 127 cm³/mol. The lowest BCUT2D eigenvalue weighted by Gasteiger charge is -2.25. The number of carbonyl (C=O) groups excluding carboxylic acids is 2. The molecule has 34 heavy (non-hydrogen) atoms. The van der Waals surface area contributed by atoms with Gasteiger partial charge in [0.2, 0.25) is 11.8 Å². The van der Waals surface area contributed by atoms with Crippen molar-refractivity contribution in [3.05, 3.63) is 59.1 Å². The van der Waals surface area contributed by atoms with Crippen molar-refractivity contribution in [3.8, 4) is 23.0 Å². The lowest BCUT2D eigenvalue weighted by molar-refractivity contribution is -0.126. The Hall–Kier alpha value is -3.79. The SMILES string of the molecule is COc1ccc(CCNC(=O)CC(=O)Nc2nc(C3COc4ccccc4O3)cs2)cc1OC. The molecule has 0 spiro atoms. The average Bonchev–Trinajstić information content (AvgIpc) is 3.31. The van der Waals surface area contributed by atoms with Crippen LogP contribution >= 0.6 is 11.3 Å². The molecule has 2 amide bonds. The van der Waals surface area contributed by atoms with Gasteiger partial charge in [-0.25, -0.2) is 4.98 Å². The number of methoxy groups -OCH3 is 2. The topological polar surface area (TPSA) is 108 Å². The van der Waals surface area contributed by atoms with Crippen LogP contribution in [0.4, 0.5) is 5.13 Å². The van der Waals surface area contributed by atoms with Gasteiger partial charge in [0.25, 0.3) is 0 Å². The number of fused-ring (bicyclic) bond motifs is 1. The molecule has 178 valence electrons. The number of aromatic nitrogens is 1. The number of nitrogens with zero attached hydrogens (tertiary/aromatic N) is 1. The first-order chi connectivity index (χ1) is 16.6. The minimum Gasteiger partial charge on any atom is -0.493 e. The lowest BCUT2D eigenvalue weighted by atomic mass is 10.1. The molecule has 0 saturated carbocycles. The van der Waals surface area contributed by atoms with E-state index < -0.39 is 5.91 Å². The maximum atomic E-state index is 12.3. The molecule has 1 aromatic heterocycles. The van der Waals surface area contributed by atoms with E-state index in [4.69, 9.17) is 18.9 Å². The Balaban J connectivity index is 1.22. The first-order valence-electron chi connectivity index (χ1n) is 10.7. The molecule has 1 unspecified atom stereocenters. The summed E-state index contributed by atoms with van der Waals surface area (Å²) in [5.74, 6) is 1.82. The zero-order valence-electron chi connectivity index (χ0n) is 18.8. The fourth-order valence-electron chi connectivity index (χ4n) is 3.41. The first kappa shape index (κ1) is 23.4. The number of hydrogen-bond donors (Lipinski definition) is 2. The minimum absolute atomic E-state index is 0.294. The van der Waals surface area contributed by atoms with Crippen molar-refractivity contribution < 1.29 is 28.5 Å². The third-order valence-corrected chi connectivity index (χ3v) is 5.89. The molecule has 1 aliphatic heterocycles. The molecule has 0 saturated heterocycles. The van der Waals surface area contributed by atoms with E-state index in [0.717, 1.165) is 5.56 Å². The predicted octanol–water partition coefficient (Wildman–Crippen LogP) is 3.36. The highest BCUT2D eigenvalue weighted by molar-refractivity contribution is 7.13. The van der Waals surface area contributed by atoms with Gasteiger partial charge in [-0.2, -0.15) is 0 Å². The van der Waals surface area contributed by atoms with Crippen molar-refractivity contribution in [1.29, 1.82) is 0 Å². The number of benzene rings is 2. The number of rotatable bonds is 9. The molecule has 0 bridgehead atoms. The summed E-state index contributed by atoms with van der Waals surface area (Å²) in [6.07, 6.45) is -0.0652. The van der Waals surface area contributed by atoms with Crippen molar-refractivity contribution in [1.82, 2.24) is 10.3 Å². The summed E-state index contributed by atoms with van der Waals surface area (Å²) in [5.41, 5.74) is 1.64. The smallest absolute Gasteiger partial charge is 0.235 e. The molecule has 2 heterocycles. The Labute approximate surface area is 201 Å². The third kappa shape index (κ3) is 5.76. The summed E-state index contributed by atoms with van der Waals surface area (Å²) in [5, 5.41) is 7.63. The van der Waals surface area contributed by atoms with Gasteiger partial charge in [-0.3, -0.25) is 9.59 Å². The number of nitrogens with one attached hydrogen (secondary N) is 2. The molecular weight excluding hydrogens is 458 g/mol. The summed E-state index contributed by atoms with van der Waals surface area (Å²) >= 11 is 1.27. The summed E-state index contributed by atoms with van der Waals surface area (Å²) in [4.78, 5) is 28.8. The van der Waals surface area contributed by atoms with Crippen LogP contribution in [0.15, 0.2) is 47.8 Å². The standard InChI is InChI=1S/C24H25N3O6S/c1-30-17-8-7-15(11-20(17)31-2)9-10-25-22(28)12-23(29)27-24-26-16(14-34-24)21-13-32-18-5-3-4-6-19(18)33-21/h3-8,11,14,21H,9-10,12-13H2,1-2H3,(H,25,28)(H,26,27,29). The summed E-state index contributed by atoms with van der Waals surface area (Å²) in [6.45, 7) is 0.722. The number of thiazole rings is 1. The summed E-state index contributed by atoms with van der Waals surface area (Å²) < 4.78 is 22.2. The number of para-hydroxylation sites is 2. The van der Waals surface area contributed by atoms with Crippen LogP contribution in [-0.4, -0.2) is 44.2 Å². The molecule has 0 fully saturated rings. The van der Waals surface area contributed by atoms with E-state index in [-0.39, 0.29) is 18.4 Å². The van der Waals surface area contributed by atoms with E-state index in [0.29, 0.717) is 53.4 Å². The fourth-order valence-corrected chi connectivity index (χ4v) is 4.18. The van der Waals surface area contributed by atoms with Gasteiger partial charge in [0.1, 0.15) is 13.0 Å². The Morgan fingerprint density at radius 1 is 1.09 bits per heavy atom. The van der Waals surface area contributed by atoms with Gasteiger partial charge >= 0.3 is 0 Å². The zero-order valence-corrected chi connectivity index (χ0v) is 19.6. The van der Waals surface area contributed by atoms with Gasteiger partial charge in [-0.15, -0.1) is 11.3 Å². The minimum atomic E-state index is -0.435.